The Balaban J connectivity index is 1.54. The van der Waals surface area contributed by atoms with Gasteiger partial charge in [-0.3, -0.25) is 4.90 Å². The summed E-state index contributed by atoms with van der Waals surface area (Å²) in [6, 6.07) is 6.77. The van der Waals surface area contributed by atoms with Crippen molar-refractivity contribution >= 4 is 11.7 Å². The van der Waals surface area contributed by atoms with Gasteiger partial charge in [0.1, 0.15) is 0 Å². The van der Waals surface area contributed by atoms with E-state index >= 15 is 0 Å². The second-order valence-electron chi connectivity index (χ2n) is 6.72. The number of benzene rings is 1. The van der Waals surface area contributed by atoms with E-state index in [1.165, 1.54) is 23.9 Å². The number of likely N-dealkylation sites (N-methyl/N-ethyl adjacent to an activating group) is 1. The van der Waals surface area contributed by atoms with Gasteiger partial charge in [-0.1, -0.05) is 12.1 Å². The number of aliphatic hydroxyl groups is 1. The number of rotatable bonds is 4. The van der Waals surface area contributed by atoms with Crippen LogP contribution in [0.1, 0.15) is 24.0 Å². The van der Waals surface area contributed by atoms with Crippen molar-refractivity contribution in [3.8, 4) is 0 Å². The summed E-state index contributed by atoms with van der Waals surface area (Å²) in [7, 11) is 3.47. The lowest BCUT2D eigenvalue weighted by atomic mass is 9.91. The molecule has 2 aliphatic heterocycles. The van der Waals surface area contributed by atoms with E-state index in [-0.39, 0.29) is 5.92 Å². The third kappa shape index (κ3) is 3.51. The van der Waals surface area contributed by atoms with Crippen molar-refractivity contribution in [1.29, 1.82) is 0 Å². The van der Waals surface area contributed by atoms with Crippen LogP contribution in [0.25, 0.3) is 0 Å². The molecule has 5 heteroatoms. The van der Waals surface area contributed by atoms with Crippen LogP contribution < -0.4 is 4.90 Å². The molecule has 2 heterocycles. The number of aliphatic hydroxyl groups excluding tert-OH is 1. The molecule has 0 bridgehead atoms. The predicted molar refractivity (Wildman–Crippen MR) is 89.4 cm³/mol. The number of esters is 1. The number of likely N-dealkylation sites (tertiary alicyclic amines) is 1. The first-order valence-corrected chi connectivity index (χ1v) is 8.39. The smallest absolute Gasteiger partial charge is 0.334 e. The summed E-state index contributed by atoms with van der Waals surface area (Å²) in [5.41, 5.74) is 4.15. The normalized spacial score (nSPS) is 20.4. The summed E-state index contributed by atoms with van der Waals surface area (Å²) in [6.45, 7) is 3.87. The van der Waals surface area contributed by atoms with Crippen molar-refractivity contribution in [3.05, 3.63) is 29.3 Å². The summed E-state index contributed by atoms with van der Waals surface area (Å²) >= 11 is 0. The Morgan fingerprint density at radius 1 is 1.35 bits per heavy atom. The topological polar surface area (TPSA) is 53.0 Å². The molecule has 1 atom stereocenters. The molecule has 0 saturated carbocycles. The number of ether oxygens (including phenoxy) is 1. The van der Waals surface area contributed by atoms with E-state index in [9.17, 15) is 9.90 Å². The second-order valence-corrected chi connectivity index (χ2v) is 6.72. The van der Waals surface area contributed by atoms with Gasteiger partial charge in [0.25, 0.3) is 0 Å². The lowest BCUT2D eigenvalue weighted by Crippen LogP contribution is -2.40. The predicted octanol–water partition coefficient (Wildman–Crippen LogP) is 1.42. The summed E-state index contributed by atoms with van der Waals surface area (Å²) in [5.74, 6) is -0.487. The first-order chi connectivity index (χ1) is 11.1. The highest BCUT2D eigenvalue weighted by atomic mass is 16.5. The molecule has 1 N–H and O–H groups in total. The highest BCUT2D eigenvalue weighted by Gasteiger charge is 2.30. The van der Waals surface area contributed by atoms with Crippen LogP contribution in [-0.2, 0) is 22.5 Å². The van der Waals surface area contributed by atoms with Gasteiger partial charge in [0.15, 0.2) is 6.10 Å². The highest BCUT2D eigenvalue weighted by molar-refractivity contribution is 5.74. The average Bonchev–Trinajstić information content (AvgIpc) is 2.95. The summed E-state index contributed by atoms with van der Waals surface area (Å²) in [5, 5.41) is 9.95. The zero-order valence-corrected chi connectivity index (χ0v) is 14.0. The molecule has 126 valence electrons. The molecule has 1 aromatic rings. The number of carbonyl (C=O) groups is 1. The maximum Gasteiger partial charge on any atom is 0.334 e. The molecular weight excluding hydrogens is 292 g/mol. The van der Waals surface area contributed by atoms with Crippen molar-refractivity contribution in [1.82, 2.24) is 4.90 Å². The lowest BCUT2D eigenvalue weighted by molar-refractivity contribution is -0.154. The Labute approximate surface area is 137 Å². The van der Waals surface area contributed by atoms with E-state index in [2.05, 4.69) is 39.8 Å². The molecule has 5 nitrogen and oxygen atoms in total. The first-order valence-electron chi connectivity index (χ1n) is 8.39. The van der Waals surface area contributed by atoms with Crippen LogP contribution in [0.3, 0.4) is 0 Å². The van der Waals surface area contributed by atoms with Crippen LogP contribution in [0.2, 0.25) is 0 Å². The molecule has 1 fully saturated rings. The fourth-order valence-electron chi connectivity index (χ4n) is 3.72. The van der Waals surface area contributed by atoms with Gasteiger partial charge in [0.05, 0.1) is 7.11 Å². The van der Waals surface area contributed by atoms with E-state index in [4.69, 9.17) is 0 Å². The Morgan fingerprint density at radius 2 is 2.09 bits per heavy atom. The SMILES string of the molecule is COC(=O)C(O)C1CCN(Cc2ccc3c(c2)CCN3C)CC1. The molecule has 0 spiro atoms. The van der Waals surface area contributed by atoms with Crippen LogP contribution in [0.4, 0.5) is 5.69 Å². The van der Waals surface area contributed by atoms with Gasteiger partial charge in [-0.15, -0.1) is 0 Å². The Hall–Kier alpha value is -1.59. The third-order valence-electron chi connectivity index (χ3n) is 5.20. The molecule has 1 unspecified atom stereocenters. The van der Waals surface area contributed by atoms with E-state index < -0.39 is 12.1 Å². The monoisotopic (exact) mass is 318 g/mol. The molecule has 0 radical (unpaired) electrons. The molecule has 23 heavy (non-hydrogen) atoms. The highest BCUT2D eigenvalue weighted by Crippen LogP contribution is 2.28. The minimum atomic E-state index is -0.974. The molecule has 0 amide bonds. The number of hydrogen-bond donors (Lipinski definition) is 1. The van der Waals surface area contributed by atoms with E-state index in [0.29, 0.717) is 0 Å². The minimum Gasteiger partial charge on any atom is -0.467 e. The quantitative estimate of drug-likeness (QED) is 0.851. The van der Waals surface area contributed by atoms with Gasteiger partial charge in [-0.25, -0.2) is 4.79 Å². The Bertz CT molecular complexity index is 567. The zero-order valence-electron chi connectivity index (χ0n) is 14.0. The largest absolute Gasteiger partial charge is 0.467 e. The van der Waals surface area contributed by atoms with Crippen LogP contribution in [-0.4, -0.2) is 55.9 Å². The van der Waals surface area contributed by atoms with Crippen LogP contribution >= 0.6 is 0 Å². The average molecular weight is 318 g/mol. The molecular formula is C18H26N2O3. The standard InChI is InChI=1S/C18H26N2O3/c1-19-8-5-15-11-13(3-4-16(15)19)12-20-9-6-14(7-10-20)17(21)18(22)23-2/h3-4,11,14,17,21H,5-10,12H2,1-2H3. The first kappa shape index (κ1) is 16.3. The van der Waals surface area contributed by atoms with Gasteiger partial charge >= 0.3 is 5.97 Å². The number of piperidine rings is 1. The zero-order chi connectivity index (χ0) is 16.4. The Morgan fingerprint density at radius 3 is 2.78 bits per heavy atom. The van der Waals surface area contributed by atoms with Gasteiger partial charge in [-0.05, 0) is 55.5 Å². The van der Waals surface area contributed by atoms with E-state index in [1.54, 1.807) is 0 Å². The van der Waals surface area contributed by atoms with Gasteiger partial charge in [-0.2, -0.15) is 0 Å². The molecule has 1 aromatic carbocycles. The van der Waals surface area contributed by atoms with Crippen molar-refractivity contribution in [2.24, 2.45) is 5.92 Å². The molecule has 3 rings (SSSR count). The van der Waals surface area contributed by atoms with E-state index in [1.807, 2.05) is 0 Å². The molecule has 1 saturated heterocycles. The summed E-state index contributed by atoms with van der Waals surface area (Å²) < 4.78 is 4.63. The molecule has 2 aliphatic rings. The fourth-order valence-corrected chi connectivity index (χ4v) is 3.72. The number of methoxy groups -OCH3 is 1. The maximum absolute atomic E-state index is 11.4. The fraction of sp³-hybridized carbons (Fsp3) is 0.611. The van der Waals surface area contributed by atoms with Crippen molar-refractivity contribution in [2.75, 3.05) is 38.7 Å². The number of hydrogen-bond acceptors (Lipinski definition) is 5. The second kappa shape index (κ2) is 6.89. The molecule has 0 aliphatic carbocycles. The van der Waals surface area contributed by atoms with Gasteiger partial charge < -0.3 is 14.7 Å². The number of nitrogens with zero attached hydrogens (tertiary/aromatic N) is 2. The van der Waals surface area contributed by atoms with Crippen molar-refractivity contribution in [2.45, 2.75) is 31.9 Å². The van der Waals surface area contributed by atoms with Crippen LogP contribution in [0.15, 0.2) is 18.2 Å². The Kier molecular flexibility index (Phi) is 4.87. The number of carbonyl (C=O) groups excluding carboxylic acids is 1. The third-order valence-corrected chi connectivity index (χ3v) is 5.20. The minimum absolute atomic E-state index is 0.0207. The van der Waals surface area contributed by atoms with Crippen molar-refractivity contribution < 1.29 is 14.6 Å². The van der Waals surface area contributed by atoms with E-state index in [0.717, 1.165) is 45.4 Å². The van der Waals surface area contributed by atoms with Gasteiger partial charge in [0, 0.05) is 25.8 Å². The van der Waals surface area contributed by atoms with Crippen molar-refractivity contribution in [3.63, 3.8) is 0 Å². The number of anilines is 1. The number of fused-ring (bicyclic) bond motifs is 1. The van der Waals surface area contributed by atoms with Crippen LogP contribution in [0, 0.1) is 5.92 Å². The summed E-state index contributed by atoms with van der Waals surface area (Å²) in [4.78, 5) is 16.1. The summed E-state index contributed by atoms with van der Waals surface area (Å²) in [6.07, 6.45) is 1.83. The molecule has 0 aromatic heterocycles. The lowest BCUT2D eigenvalue weighted by Gasteiger charge is -2.33. The van der Waals surface area contributed by atoms with Gasteiger partial charge in [0.2, 0.25) is 0 Å². The maximum atomic E-state index is 11.4. The van der Waals surface area contributed by atoms with Crippen LogP contribution in [0.5, 0.6) is 0 Å².